The van der Waals surface area contributed by atoms with E-state index in [1.807, 2.05) is 18.2 Å². The molecule has 112 valence electrons. The Balaban J connectivity index is 1.67. The van der Waals surface area contributed by atoms with Crippen LogP contribution in [0.2, 0.25) is 0 Å². The quantitative estimate of drug-likeness (QED) is 0.872. The number of amides is 1. The van der Waals surface area contributed by atoms with E-state index in [2.05, 4.69) is 26.1 Å². The van der Waals surface area contributed by atoms with Crippen molar-refractivity contribution in [3.05, 3.63) is 27.5 Å². The standard InChI is InChI=1S/C15H18BrN3OS/c16-10-3-4-11-12(9-10)21-14(13(11)17)15(20)18-5-8-19-6-1-2-7-19/h3-4,9H,1-2,5-8,17H2,(H,18,20). The number of nitrogen functional groups attached to an aromatic ring is 1. The molecule has 4 nitrogen and oxygen atoms in total. The summed E-state index contributed by atoms with van der Waals surface area (Å²) in [7, 11) is 0. The second-order valence-corrected chi connectivity index (χ2v) is 7.26. The zero-order valence-corrected chi connectivity index (χ0v) is 14.1. The number of nitrogens with zero attached hydrogens (tertiary/aromatic N) is 1. The molecule has 0 atom stereocenters. The van der Waals surface area contributed by atoms with Crippen LogP contribution in [0.1, 0.15) is 22.5 Å². The highest BCUT2D eigenvalue weighted by Crippen LogP contribution is 2.35. The Bertz CT molecular complexity index is 664. The second kappa shape index (κ2) is 6.34. The van der Waals surface area contributed by atoms with Crippen LogP contribution in [0, 0.1) is 0 Å². The highest BCUT2D eigenvalue weighted by atomic mass is 79.9. The third-order valence-corrected chi connectivity index (χ3v) is 5.47. The predicted molar refractivity (Wildman–Crippen MR) is 91.9 cm³/mol. The van der Waals surface area contributed by atoms with Crippen molar-refractivity contribution in [2.75, 3.05) is 31.9 Å². The Kier molecular flexibility index (Phi) is 4.47. The minimum atomic E-state index is -0.0657. The summed E-state index contributed by atoms with van der Waals surface area (Å²) in [5, 5.41) is 3.93. The lowest BCUT2D eigenvalue weighted by Gasteiger charge is -2.14. The topological polar surface area (TPSA) is 58.4 Å². The number of nitrogens with one attached hydrogen (secondary N) is 1. The summed E-state index contributed by atoms with van der Waals surface area (Å²) in [5.74, 6) is -0.0657. The van der Waals surface area contributed by atoms with Gasteiger partial charge in [0.1, 0.15) is 4.88 Å². The van der Waals surface area contributed by atoms with Gasteiger partial charge in [0.05, 0.1) is 5.69 Å². The zero-order valence-electron chi connectivity index (χ0n) is 11.7. The molecule has 1 saturated heterocycles. The molecule has 1 aromatic carbocycles. The van der Waals surface area contributed by atoms with E-state index in [-0.39, 0.29) is 5.91 Å². The summed E-state index contributed by atoms with van der Waals surface area (Å²) in [5.41, 5.74) is 6.69. The maximum atomic E-state index is 12.3. The first kappa shape index (κ1) is 14.8. The van der Waals surface area contributed by atoms with E-state index in [0.717, 1.165) is 34.2 Å². The lowest BCUT2D eigenvalue weighted by Crippen LogP contribution is -2.33. The number of hydrogen-bond donors (Lipinski definition) is 2. The van der Waals surface area contributed by atoms with Gasteiger partial charge in [-0.2, -0.15) is 0 Å². The van der Waals surface area contributed by atoms with Gasteiger partial charge in [0.2, 0.25) is 0 Å². The molecular weight excluding hydrogens is 350 g/mol. The zero-order chi connectivity index (χ0) is 14.8. The SMILES string of the molecule is Nc1c(C(=O)NCCN2CCCC2)sc2cc(Br)ccc12. The van der Waals surface area contributed by atoms with Gasteiger partial charge in [0, 0.05) is 27.6 Å². The number of thiophene rings is 1. The largest absolute Gasteiger partial charge is 0.397 e. The Morgan fingerprint density at radius 2 is 2.14 bits per heavy atom. The summed E-state index contributed by atoms with van der Waals surface area (Å²) in [6.45, 7) is 3.89. The van der Waals surface area contributed by atoms with Gasteiger partial charge in [0.25, 0.3) is 5.91 Å². The van der Waals surface area contributed by atoms with Crippen molar-refractivity contribution in [2.45, 2.75) is 12.8 Å². The molecule has 3 rings (SSSR count). The van der Waals surface area contributed by atoms with Crippen LogP contribution in [-0.4, -0.2) is 37.0 Å². The van der Waals surface area contributed by atoms with Crippen LogP contribution in [0.5, 0.6) is 0 Å². The van der Waals surface area contributed by atoms with Crippen molar-refractivity contribution in [3.8, 4) is 0 Å². The fourth-order valence-electron chi connectivity index (χ4n) is 2.67. The van der Waals surface area contributed by atoms with Gasteiger partial charge in [-0.25, -0.2) is 0 Å². The molecular formula is C15H18BrN3OS. The smallest absolute Gasteiger partial charge is 0.263 e. The number of rotatable bonds is 4. The van der Waals surface area contributed by atoms with Gasteiger partial charge in [0.15, 0.2) is 0 Å². The van der Waals surface area contributed by atoms with Crippen LogP contribution < -0.4 is 11.1 Å². The normalized spacial score (nSPS) is 15.7. The number of fused-ring (bicyclic) bond motifs is 1. The van der Waals surface area contributed by atoms with Gasteiger partial charge in [-0.1, -0.05) is 22.0 Å². The number of carbonyl (C=O) groups excluding carboxylic acids is 1. The first-order valence-corrected chi connectivity index (χ1v) is 8.74. The summed E-state index contributed by atoms with van der Waals surface area (Å²) in [4.78, 5) is 15.3. The lowest BCUT2D eigenvalue weighted by molar-refractivity contribution is 0.0954. The maximum absolute atomic E-state index is 12.3. The minimum absolute atomic E-state index is 0.0657. The third-order valence-electron chi connectivity index (χ3n) is 3.81. The molecule has 2 aromatic rings. The number of likely N-dealkylation sites (tertiary alicyclic amines) is 1. The molecule has 1 aliphatic rings. The number of carbonyl (C=O) groups is 1. The van der Waals surface area contributed by atoms with Crippen molar-refractivity contribution in [2.24, 2.45) is 0 Å². The molecule has 1 amide bonds. The van der Waals surface area contributed by atoms with Crippen molar-refractivity contribution >= 4 is 48.9 Å². The Morgan fingerprint density at radius 3 is 2.90 bits per heavy atom. The summed E-state index contributed by atoms with van der Waals surface area (Å²) in [6, 6.07) is 5.89. The predicted octanol–water partition coefficient (Wildman–Crippen LogP) is 3.07. The molecule has 2 heterocycles. The first-order chi connectivity index (χ1) is 10.1. The number of halogens is 1. The van der Waals surface area contributed by atoms with Crippen molar-refractivity contribution in [1.82, 2.24) is 10.2 Å². The van der Waals surface area contributed by atoms with E-state index in [1.165, 1.54) is 24.2 Å². The minimum Gasteiger partial charge on any atom is -0.397 e. The van der Waals surface area contributed by atoms with E-state index in [0.29, 0.717) is 17.1 Å². The molecule has 6 heteroatoms. The lowest BCUT2D eigenvalue weighted by atomic mass is 10.2. The Hall–Kier alpha value is -1.11. The molecule has 0 saturated carbocycles. The monoisotopic (exact) mass is 367 g/mol. The Morgan fingerprint density at radius 1 is 1.38 bits per heavy atom. The van der Waals surface area contributed by atoms with Crippen LogP contribution in [0.4, 0.5) is 5.69 Å². The Labute approximate surface area is 136 Å². The van der Waals surface area contributed by atoms with E-state index in [1.54, 1.807) is 0 Å². The van der Waals surface area contributed by atoms with Crippen LogP contribution in [0.3, 0.4) is 0 Å². The summed E-state index contributed by atoms with van der Waals surface area (Å²) in [6.07, 6.45) is 2.54. The molecule has 1 fully saturated rings. The summed E-state index contributed by atoms with van der Waals surface area (Å²) >= 11 is 4.89. The highest BCUT2D eigenvalue weighted by Gasteiger charge is 2.17. The molecule has 3 N–H and O–H groups in total. The molecule has 0 radical (unpaired) electrons. The van der Waals surface area contributed by atoms with Gasteiger partial charge in [-0.15, -0.1) is 11.3 Å². The molecule has 0 unspecified atom stereocenters. The van der Waals surface area contributed by atoms with Gasteiger partial charge in [-0.3, -0.25) is 4.79 Å². The van der Waals surface area contributed by atoms with Crippen LogP contribution in [-0.2, 0) is 0 Å². The molecule has 0 spiro atoms. The molecule has 1 aromatic heterocycles. The average molecular weight is 368 g/mol. The molecule has 21 heavy (non-hydrogen) atoms. The van der Waals surface area contributed by atoms with E-state index >= 15 is 0 Å². The second-order valence-electron chi connectivity index (χ2n) is 5.29. The van der Waals surface area contributed by atoms with E-state index in [9.17, 15) is 4.79 Å². The number of anilines is 1. The highest BCUT2D eigenvalue weighted by molar-refractivity contribution is 9.10. The molecule has 0 bridgehead atoms. The van der Waals surface area contributed by atoms with Gasteiger partial charge >= 0.3 is 0 Å². The number of benzene rings is 1. The first-order valence-electron chi connectivity index (χ1n) is 7.13. The van der Waals surface area contributed by atoms with Crippen LogP contribution >= 0.6 is 27.3 Å². The van der Waals surface area contributed by atoms with Crippen molar-refractivity contribution < 1.29 is 4.79 Å². The molecule has 1 aliphatic heterocycles. The maximum Gasteiger partial charge on any atom is 0.263 e. The van der Waals surface area contributed by atoms with Crippen molar-refractivity contribution in [1.29, 1.82) is 0 Å². The van der Waals surface area contributed by atoms with Crippen LogP contribution in [0.25, 0.3) is 10.1 Å². The van der Waals surface area contributed by atoms with E-state index < -0.39 is 0 Å². The fraction of sp³-hybridized carbons (Fsp3) is 0.400. The van der Waals surface area contributed by atoms with E-state index in [4.69, 9.17) is 5.73 Å². The number of hydrogen-bond acceptors (Lipinski definition) is 4. The average Bonchev–Trinajstić information content (AvgIpc) is 3.07. The third kappa shape index (κ3) is 3.22. The summed E-state index contributed by atoms with van der Waals surface area (Å²) < 4.78 is 2.03. The van der Waals surface area contributed by atoms with Crippen LogP contribution in [0.15, 0.2) is 22.7 Å². The molecule has 0 aliphatic carbocycles. The fourth-order valence-corrected chi connectivity index (χ4v) is 4.26. The van der Waals surface area contributed by atoms with Crippen molar-refractivity contribution in [3.63, 3.8) is 0 Å². The number of nitrogens with two attached hydrogens (primary N) is 1. The van der Waals surface area contributed by atoms with Gasteiger partial charge < -0.3 is 16.0 Å². The van der Waals surface area contributed by atoms with Gasteiger partial charge in [-0.05, 0) is 38.1 Å².